The summed E-state index contributed by atoms with van der Waals surface area (Å²) < 4.78 is 81.7. The van der Waals surface area contributed by atoms with E-state index < -0.39 is 34.6 Å². The van der Waals surface area contributed by atoms with Crippen LogP contribution in [0.2, 0.25) is 0 Å². The second-order valence-electron chi connectivity index (χ2n) is 14.3. The number of ether oxygens (including phenoxy) is 1. The standard InChI is InChI=1S/C35H32F5N7OS/c36-23-5-4-20(25-22(12-41)31(42)49-29(23)25)26-24(37)10-21-28(27(26)38)43-33(48-16-34-7-1-9-47(34)13-17(11-34)30(39)40)44-32(21)46-14-19-6-8-35(15-46,45-19)18-2-3-18/h4-5,10,18-19,45H,1-3,6-9,11,13-16,42H2/t19-,34-,35+/m0/s1. The highest BCUT2D eigenvalue weighted by Gasteiger charge is 2.53. The molecule has 6 heterocycles. The molecule has 254 valence electrons. The van der Waals surface area contributed by atoms with Crippen LogP contribution in [0.15, 0.2) is 29.9 Å². The first kappa shape index (κ1) is 31.0. The predicted molar refractivity (Wildman–Crippen MR) is 176 cm³/mol. The average molecular weight is 694 g/mol. The number of fused-ring (bicyclic) bond motifs is 5. The topological polar surface area (TPSA) is 103 Å². The highest BCUT2D eigenvalue weighted by Crippen LogP contribution is 2.50. The lowest BCUT2D eigenvalue weighted by atomic mass is 9.90. The summed E-state index contributed by atoms with van der Waals surface area (Å²) in [5.74, 6) is -1.72. The van der Waals surface area contributed by atoms with Crippen LogP contribution in [0.1, 0.15) is 50.5 Å². The Kier molecular flexibility index (Phi) is 6.93. The first-order valence-corrected chi connectivity index (χ1v) is 17.5. The molecule has 5 fully saturated rings. The molecule has 3 atom stereocenters. The minimum absolute atomic E-state index is 0.0210. The van der Waals surface area contributed by atoms with E-state index in [2.05, 4.69) is 15.2 Å². The zero-order valence-electron chi connectivity index (χ0n) is 26.4. The summed E-state index contributed by atoms with van der Waals surface area (Å²) in [7, 11) is 0. The maximum absolute atomic E-state index is 17.0. The number of benzene rings is 2. The summed E-state index contributed by atoms with van der Waals surface area (Å²) in [6.45, 7) is 2.03. The molecule has 3 N–H and O–H groups in total. The summed E-state index contributed by atoms with van der Waals surface area (Å²) >= 11 is 0.841. The van der Waals surface area contributed by atoms with Gasteiger partial charge in [0.25, 0.3) is 6.08 Å². The first-order chi connectivity index (χ1) is 23.6. The molecular formula is C35H32F5N7OS. The Bertz CT molecular complexity index is 2140. The molecule has 0 amide bonds. The van der Waals surface area contributed by atoms with E-state index in [0.717, 1.165) is 49.5 Å². The highest BCUT2D eigenvalue weighted by atomic mass is 32.1. The zero-order chi connectivity index (χ0) is 33.8. The van der Waals surface area contributed by atoms with Gasteiger partial charge in [0, 0.05) is 47.6 Å². The lowest BCUT2D eigenvalue weighted by Crippen LogP contribution is -2.61. The summed E-state index contributed by atoms with van der Waals surface area (Å²) in [5.41, 5.74) is 4.61. The molecule has 5 aliphatic rings. The maximum Gasteiger partial charge on any atom is 0.319 e. The fourth-order valence-electron chi connectivity index (χ4n) is 9.05. The van der Waals surface area contributed by atoms with Crippen molar-refractivity contribution in [3.63, 3.8) is 0 Å². The van der Waals surface area contributed by atoms with Crippen LogP contribution in [0.5, 0.6) is 6.01 Å². The molecule has 0 radical (unpaired) electrons. The van der Waals surface area contributed by atoms with Crippen LogP contribution in [-0.4, -0.2) is 64.8 Å². The zero-order valence-corrected chi connectivity index (χ0v) is 27.2. The van der Waals surface area contributed by atoms with Crippen molar-refractivity contribution < 1.29 is 26.7 Å². The number of halogens is 5. The quantitative estimate of drug-likeness (QED) is 0.211. The minimum atomic E-state index is -1.67. The fraction of sp³-hybridized carbons (Fsp3) is 0.457. The van der Waals surface area contributed by atoms with Crippen LogP contribution in [-0.2, 0) is 0 Å². The van der Waals surface area contributed by atoms with Crippen molar-refractivity contribution >= 4 is 43.1 Å². The van der Waals surface area contributed by atoms with Crippen molar-refractivity contribution in [3.05, 3.63) is 52.9 Å². The molecule has 4 saturated heterocycles. The van der Waals surface area contributed by atoms with E-state index in [9.17, 15) is 18.4 Å². The number of nitrogens with zero attached hydrogens (tertiary/aromatic N) is 5. The van der Waals surface area contributed by atoms with Crippen LogP contribution in [0.25, 0.3) is 32.1 Å². The third-order valence-electron chi connectivity index (χ3n) is 11.4. The Hall–Kier alpha value is -4.06. The van der Waals surface area contributed by atoms with Gasteiger partial charge < -0.3 is 20.7 Å². The lowest BCUT2D eigenvalue weighted by Gasteiger charge is -2.42. The average Bonchev–Trinajstić information content (AvgIpc) is 3.52. The van der Waals surface area contributed by atoms with Gasteiger partial charge in [0.2, 0.25) is 0 Å². The summed E-state index contributed by atoms with van der Waals surface area (Å²) in [6.07, 6.45) is 4.21. The molecule has 8 nitrogen and oxygen atoms in total. The van der Waals surface area contributed by atoms with Crippen molar-refractivity contribution in [2.45, 2.75) is 62.1 Å². The molecule has 14 heteroatoms. The van der Waals surface area contributed by atoms with Gasteiger partial charge in [-0.15, -0.1) is 11.3 Å². The van der Waals surface area contributed by atoms with Crippen LogP contribution in [0.3, 0.4) is 0 Å². The largest absolute Gasteiger partial charge is 0.461 e. The van der Waals surface area contributed by atoms with Gasteiger partial charge in [-0.25, -0.2) is 13.2 Å². The van der Waals surface area contributed by atoms with Gasteiger partial charge in [0.15, 0.2) is 5.82 Å². The van der Waals surface area contributed by atoms with E-state index in [1.807, 2.05) is 11.0 Å². The molecule has 2 aromatic carbocycles. The summed E-state index contributed by atoms with van der Waals surface area (Å²) in [6, 6.07) is 5.55. The number of nitrogens with two attached hydrogens (primary N) is 1. The van der Waals surface area contributed by atoms with Gasteiger partial charge in [-0.1, -0.05) is 6.07 Å². The second-order valence-corrected chi connectivity index (χ2v) is 15.3. The maximum atomic E-state index is 17.0. The fourth-order valence-corrected chi connectivity index (χ4v) is 10.00. The summed E-state index contributed by atoms with van der Waals surface area (Å²) in [4.78, 5) is 13.3. The Morgan fingerprint density at radius 1 is 1.14 bits per heavy atom. The Morgan fingerprint density at radius 3 is 2.76 bits per heavy atom. The van der Waals surface area contributed by atoms with Gasteiger partial charge >= 0.3 is 6.01 Å². The number of rotatable bonds is 6. The molecule has 9 rings (SSSR count). The molecule has 2 aromatic heterocycles. The highest BCUT2D eigenvalue weighted by molar-refractivity contribution is 7.23. The number of aromatic nitrogens is 2. The van der Waals surface area contributed by atoms with Crippen molar-refractivity contribution in [2.75, 3.05) is 43.4 Å². The monoisotopic (exact) mass is 693 g/mol. The number of hydrogen-bond donors (Lipinski definition) is 2. The van der Waals surface area contributed by atoms with Crippen molar-refractivity contribution in [2.24, 2.45) is 5.92 Å². The molecule has 4 aromatic rings. The smallest absolute Gasteiger partial charge is 0.319 e. The van der Waals surface area contributed by atoms with E-state index in [1.165, 1.54) is 12.1 Å². The van der Waals surface area contributed by atoms with E-state index >= 15 is 8.78 Å². The van der Waals surface area contributed by atoms with Crippen molar-refractivity contribution in [1.82, 2.24) is 20.2 Å². The number of nitrogen functional groups attached to an aromatic ring is 1. The third-order valence-corrected chi connectivity index (χ3v) is 12.5. The van der Waals surface area contributed by atoms with Crippen LogP contribution >= 0.6 is 11.3 Å². The molecule has 0 unspecified atom stereocenters. The number of piperazine rings is 1. The second kappa shape index (κ2) is 11.0. The molecular weight excluding hydrogens is 661 g/mol. The van der Waals surface area contributed by atoms with E-state index in [4.69, 9.17) is 15.5 Å². The Morgan fingerprint density at radius 2 is 1.98 bits per heavy atom. The van der Waals surface area contributed by atoms with E-state index in [1.54, 1.807) is 0 Å². The van der Waals surface area contributed by atoms with Crippen molar-refractivity contribution in [3.8, 4) is 23.2 Å². The van der Waals surface area contributed by atoms with Gasteiger partial charge in [-0.3, -0.25) is 4.90 Å². The number of nitriles is 1. The molecule has 0 spiro atoms. The van der Waals surface area contributed by atoms with Gasteiger partial charge in [0.1, 0.15) is 40.6 Å². The molecule has 4 aliphatic heterocycles. The van der Waals surface area contributed by atoms with Crippen LogP contribution in [0.4, 0.5) is 32.8 Å². The molecule has 1 saturated carbocycles. The number of anilines is 2. The van der Waals surface area contributed by atoms with Gasteiger partial charge in [0.05, 0.1) is 21.4 Å². The Labute approximate surface area is 282 Å². The number of thiophene rings is 1. The molecule has 49 heavy (non-hydrogen) atoms. The lowest BCUT2D eigenvalue weighted by molar-refractivity contribution is 0.108. The SMILES string of the molecule is N#Cc1c(N)sc2c(F)ccc(-c3c(F)cc4c(N5C[C@@H]6CC[C@](C7CC7)(C5)N6)nc(OC[C@@]56CCCN5CC(=C(F)F)C6)nc4c3F)c12. The third kappa shape index (κ3) is 4.72. The summed E-state index contributed by atoms with van der Waals surface area (Å²) in [5, 5.41) is 13.9. The predicted octanol–water partition coefficient (Wildman–Crippen LogP) is 6.87. The Balaban J connectivity index is 1.20. The number of nitrogens with one attached hydrogen (secondary N) is 1. The van der Waals surface area contributed by atoms with E-state index in [-0.39, 0.29) is 79.9 Å². The first-order valence-electron chi connectivity index (χ1n) is 16.6. The molecule has 1 aliphatic carbocycles. The normalized spacial score (nSPS) is 26.6. The molecule has 2 bridgehead atoms. The van der Waals surface area contributed by atoms with E-state index in [0.29, 0.717) is 37.8 Å². The van der Waals surface area contributed by atoms with Gasteiger partial charge in [-0.2, -0.15) is 24.0 Å². The minimum Gasteiger partial charge on any atom is -0.461 e. The van der Waals surface area contributed by atoms with Crippen molar-refractivity contribution in [1.29, 1.82) is 5.26 Å². The van der Waals surface area contributed by atoms with Crippen LogP contribution < -0.4 is 20.7 Å². The van der Waals surface area contributed by atoms with Crippen LogP contribution in [0, 0.1) is 34.7 Å². The number of hydrogen-bond acceptors (Lipinski definition) is 9. The van der Waals surface area contributed by atoms with Gasteiger partial charge in [-0.05, 0) is 75.1 Å².